The zero-order chi connectivity index (χ0) is 13.9. The van der Waals surface area contributed by atoms with E-state index in [1.165, 1.54) is 24.3 Å². The van der Waals surface area contributed by atoms with Crippen molar-refractivity contribution < 1.29 is 0 Å². The number of likely N-dealkylation sites (tertiary alicyclic amines) is 1. The van der Waals surface area contributed by atoms with E-state index in [-0.39, 0.29) is 5.54 Å². The van der Waals surface area contributed by atoms with Gasteiger partial charge >= 0.3 is 0 Å². The minimum Gasteiger partial charge on any atom is -0.329 e. The van der Waals surface area contributed by atoms with Gasteiger partial charge in [0.15, 0.2) is 0 Å². The average Bonchev–Trinajstić information content (AvgIpc) is 2.88. The summed E-state index contributed by atoms with van der Waals surface area (Å²) in [4.78, 5) is 6.49. The summed E-state index contributed by atoms with van der Waals surface area (Å²) >= 11 is 1.85. The molecule has 0 amide bonds. The van der Waals surface area contributed by atoms with Crippen LogP contribution in [0.5, 0.6) is 0 Å². The lowest BCUT2D eigenvalue weighted by molar-refractivity contribution is -0.00127. The first-order valence-corrected chi connectivity index (χ1v) is 8.13. The van der Waals surface area contributed by atoms with E-state index in [0.29, 0.717) is 6.04 Å². The summed E-state index contributed by atoms with van der Waals surface area (Å²) in [6.07, 6.45) is 2.47. The molecule has 1 aliphatic rings. The van der Waals surface area contributed by atoms with Crippen molar-refractivity contribution in [3.63, 3.8) is 0 Å². The van der Waals surface area contributed by atoms with Crippen molar-refractivity contribution in [2.45, 2.75) is 44.8 Å². The third-order valence-corrected chi connectivity index (χ3v) is 5.13. The number of likely N-dealkylation sites (N-methyl/N-ethyl adjacent to an activating group) is 1. The van der Waals surface area contributed by atoms with Gasteiger partial charge in [-0.3, -0.25) is 4.90 Å². The average molecular weight is 281 g/mol. The van der Waals surface area contributed by atoms with E-state index >= 15 is 0 Å². The lowest BCUT2D eigenvalue weighted by atomic mass is 9.86. The number of hydrogen-bond acceptors (Lipinski definition) is 4. The number of hydrogen-bond donors (Lipinski definition) is 1. The van der Waals surface area contributed by atoms with E-state index < -0.39 is 0 Å². The van der Waals surface area contributed by atoms with Gasteiger partial charge in [-0.15, -0.1) is 11.3 Å². The number of nitrogens with zero attached hydrogens (tertiary/aromatic N) is 2. The quantitative estimate of drug-likeness (QED) is 0.899. The highest BCUT2D eigenvalue weighted by Gasteiger charge is 2.39. The number of thiophene rings is 1. The molecule has 0 saturated carbocycles. The maximum atomic E-state index is 6.20. The van der Waals surface area contributed by atoms with Crippen LogP contribution in [0.1, 0.15) is 31.6 Å². The van der Waals surface area contributed by atoms with Crippen molar-refractivity contribution >= 4 is 11.3 Å². The first-order chi connectivity index (χ1) is 9.07. The maximum Gasteiger partial charge on any atom is 0.0465 e. The summed E-state index contributed by atoms with van der Waals surface area (Å²) in [6, 6.07) is 4.90. The van der Waals surface area contributed by atoms with Crippen LogP contribution in [0.25, 0.3) is 0 Å². The van der Waals surface area contributed by atoms with E-state index in [2.05, 4.69) is 48.2 Å². The minimum atomic E-state index is 0.144. The zero-order valence-electron chi connectivity index (χ0n) is 12.4. The Morgan fingerprint density at radius 2 is 2.32 bits per heavy atom. The Morgan fingerprint density at radius 3 is 2.84 bits per heavy atom. The minimum absolute atomic E-state index is 0.144. The second-order valence-corrected chi connectivity index (χ2v) is 7.10. The molecule has 1 aromatic heterocycles. The Kier molecular flexibility index (Phi) is 5.01. The molecule has 0 bridgehead atoms. The van der Waals surface area contributed by atoms with E-state index in [1.807, 2.05) is 11.3 Å². The highest BCUT2D eigenvalue weighted by atomic mass is 32.1. The van der Waals surface area contributed by atoms with Crippen molar-refractivity contribution in [1.29, 1.82) is 0 Å². The molecule has 108 valence electrons. The number of nitrogens with two attached hydrogens (primary N) is 1. The first-order valence-electron chi connectivity index (χ1n) is 7.25. The predicted molar refractivity (Wildman–Crippen MR) is 83.5 cm³/mol. The van der Waals surface area contributed by atoms with E-state index in [1.54, 1.807) is 0 Å². The summed E-state index contributed by atoms with van der Waals surface area (Å²) in [5.41, 5.74) is 6.35. The van der Waals surface area contributed by atoms with Crippen molar-refractivity contribution in [2.24, 2.45) is 5.73 Å². The Balaban J connectivity index is 2.20. The van der Waals surface area contributed by atoms with Gasteiger partial charge in [0, 0.05) is 36.1 Å². The zero-order valence-corrected chi connectivity index (χ0v) is 13.2. The van der Waals surface area contributed by atoms with Gasteiger partial charge in [-0.05, 0) is 51.7 Å². The molecule has 2 heterocycles. The molecule has 0 aromatic carbocycles. The number of rotatable bonds is 5. The van der Waals surface area contributed by atoms with E-state index in [4.69, 9.17) is 5.73 Å². The Hall–Kier alpha value is -0.420. The Morgan fingerprint density at radius 1 is 1.53 bits per heavy atom. The van der Waals surface area contributed by atoms with Crippen molar-refractivity contribution in [3.8, 4) is 0 Å². The summed E-state index contributed by atoms with van der Waals surface area (Å²) < 4.78 is 0. The fourth-order valence-corrected chi connectivity index (χ4v) is 4.03. The summed E-state index contributed by atoms with van der Waals surface area (Å²) in [7, 11) is 2.22. The normalized spacial score (nSPS) is 25.4. The van der Waals surface area contributed by atoms with Gasteiger partial charge in [0.05, 0.1) is 0 Å². The second kappa shape index (κ2) is 6.35. The molecule has 3 nitrogen and oxygen atoms in total. The monoisotopic (exact) mass is 281 g/mol. The Labute approximate surface area is 121 Å². The molecule has 0 aliphatic carbocycles. The molecule has 19 heavy (non-hydrogen) atoms. The Bertz CT molecular complexity index is 377. The fraction of sp³-hybridized carbons (Fsp3) is 0.733. The second-order valence-electron chi connectivity index (χ2n) is 6.07. The SMILES string of the molecule is CC(C)N(Cc1cccs1)C1(CN)CCCN(C)C1. The van der Waals surface area contributed by atoms with Gasteiger partial charge in [0.1, 0.15) is 0 Å². The van der Waals surface area contributed by atoms with Crippen LogP contribution in [0.15, 0.2) is 17.5 Å². The van der Waals surface area contributed by atoms with Gasteiger partial charge < -0.3 is 10.6 Å². The van der Waals surface area contributed by atoms with Crippen LogP contribution in [0, 0.1) is 0 Å². The van der Waals surface area contributed by atoms with Crippen LogP contribution < -0.4 is 5.73 Å². The molecule has 1 unspecified atom stereocenters. The van der Waals surface area contributed by atoms with Gasteiger partial charge in [-0.1, -0.05) is 6.07 Å². The van der Waals surface area contributed by atoms with Crippen molar-refractivity contribution in [1.82, 2.24) is 9.80 Å². The highest BCUT2D eigenvalue weighted by Crippen LogP contribution is 2.30. The molecule has 1 atom stereocenters. The van der Waals surface area contributed by atoms with Crippen LogP contribution in [0.3, 0.4) is 0 Å². The molecule has 4 heteroatoms. The van der Waals surface area contributed by atoms with Gasteiger partial charge in [0.25, 0.3) is 0 Å². The van der Waals surface area contributed by atoms with E-state index in [9.17, 15) is 0 Å². The third-order valence-electron chi connectivity index (χ3n) is 4.27. The molecule has 1 fully saturated rings. The molecule has 0 spiro atoms. The molecule has 1 aliphatic heterocycles. The van der Waals surface area contributed by atoms with Crippen LogP contribution in [0.4, 0.5) is 0 Å². The molecular formula is C15H27N3S. The molecule has 1 aromatic rings. The molecule has 1 saturated heterocycles. The lowest BCUT2D eigenvalue weighted by Gasteiger charge is -2.50. The van der Waals surface area contributed by atoms with Crippen LogP contribution in [-0.2, 0) is 6.54 Å². The highest BCUT2D eigenvalue weighted by molar-refractivity contribution is 7.09. The van der Waals surface area contributed by atoms with Crippen LogP contribution >= 0.6 is 11.3 Å². The van der Waals surface area contributed by atoms with E-state index in [0.717, 1.165) is 19.6 Å². The number of piperidine rings is 1. The molecule has 0 radical (unpaired) electrons. The topological polar surface area (TPSA) is 32.5 Å². The maximum absolute atomic E-state index is 6.20. The van der Waals surface area contributed by atoms with Crippen LogP contribution in [0.2, 0.25) is 0 Å². The standard InChI is InChI=1S/C15H27N3S/c1-13(2)18(10-14-6-4-9-19-14)15(11-16)7-5-8-17(3)12-15/h4,6,9,13H,5,7-8,10-12,16H2,1-3H3. The molecule has 2 N–H and O–H groups in total. The van der Waals surface area contributed by atoms with Gasteiger partial charge in [-0.2, -0.15) is 0 Å². The lowest BCUT2D eigenvalue weighted by Crippen LogP contribution is -2.63. The molecular weight excluding hydrogens is 254 g/mol. The molecule has 2 rings (SSSR count). The fourth-order valence-electron chi connectivity index (χ4n) is 3.33. The summed E-state index contributed by atoms with van der Waals surface area (Å²) in [6.45, 7) is 8.65. The van der Waals surface area contributed by atoms with Gasteiger partial charge in [-0.25, -0.2) is 0 Å². The predicted octanol–water partition coefficient (Wildman–Crippen LogP) is 2.38. The summed E-state index contributed by atoms with van der Waals surface area (Å²) in [5, 5.41) is 2.16. The van der Waals surface area contributed by atoms with Crippen molar-refractivity contribution in [3.05, 3.63) is 22.4 Å². The first kappa shape index (κ1) is 15.0. The smallest absolute Gasteiger partial charge is 0.0465 e. The summed E-state index contributed by atoms with van der Waals surface area (Å²) in [5.74, 6) is 0. The largest absolute Gasteiger partial charge is 0.329 e. The third kappa shape index (κ3) is 3.37. The van der Waals surface area contributed by atoms with Crippen molar-refractivity contribution in [2.75, 3.05) is 26.7 Å². The van der Waals surface area contributed by atoms with Gasteiger partial charge in [0.2, 0.25) is 0 Å². The van der Waals surface area contributed by atoms with Crippen LogP contribution in [-0.4, -0.2) is 48.1 Å².